The van der Waals surface area contributed by atoms with Crippen LogP contribution in [0.4, 0.5) is 11.5 Å². The molecule has 3 heterocycles. The van der Waals surface area contributed by atoms with Gasteiger partial charge in [0.1, 0.15) is 12.0 Å². The van der Waals surface area contributed by atoms with E-state index in [1.165, 1.54) is 12.3 Å². The number of rotatable bonds is 5. The lowest BCUT2D eigenvalue weighted by Gasteiger charge is -2.23. The van der Waals surface area contributed by atoms with Crippen LogP contribution in [0, 0.1) is 10.1 Å². The maximum Gasteiger partial charge on any atom is 0.287 e. The molecule has 0 radical (unpaired) electrons. The summed E-state index contributed by atoms with van der Waals surface area (Å²) in [7, 11) is 0. The van der Waals surface area contributed by atoms with Gasteiger partial charge in [-0.05, 0) is 31.0 Å². The van der Waals surface area contributed by atoms with E-state index in [1.54, 1.807) is 6.07 Å². The third kappa shape index (κ3) is 4.23. The van der Waals surface area contributed by atoms with Crippen LogP contribution in [-0.4, -0.2) is 51.5 Å². The number of hydrogen-bond acceptors (Lipinski definition) is 5. The fourth-order valence-corrected chi connectivity index (χ4v) is 4.93. The maximum atomic E-state index is 14.1. The molecule has 1 saturated heterocycles. The van der Waals surface area contributed by atoms with E-state index in [0.717, 1.165) is 47.2 Å². The van der Waals surface area contributed by atoms with Crippen LogP contribution in [-0.2, 0) is 6.54 Å². The summed E-state index contributed by atoms with van der Waals surface area (Å²) in [5, 5.41) is 11.9. The molecule has 0 aliphatic carbocycles. The number of aryl methyl sites for hydroxylation is 1. The first-order valence-corrected chi connectivity index (χ1v) is 11.9. The Morgan fingerprint density at radius 2 is 1.74 bits per heavy atom. The fraction of sp³-hybridized carbons (Fsp3) is 0.259. The van der Waals surface area contributed by atoms with Crippen LogP contribution in [0.25, 0.3) is 22.2 Å². The number of carbonyl (C=O) groups excluding carboxylic acids is 1. The summed E-state index contributed by atoms with van der Waals surface area (Å²) in [6.07, 6.45) is 2.08. The number of anilines is 1. The minimum atomic E-state index is -0.448. The van der Waals surface area contributed by atoms with Gasteiger partial charge in [0.05, 0.1) is 16.2 Å². The number of pyridine rings is 1. The van der Waals surface area contributed by atoms with E-state index < -0.39 is 4.92 Å². The molecule has 4 aromatic rings. The Bertz CT molecular complexity index is 1370. The first kappa shape index (κ1) is 22.6. The van der Waals surface area contributed by atoms with Crippen molar-refractivity contribution in [3.05, 3.63) is 88.6 Å². The molecule has 1 aliphatic rings. The zero-order valence-corrected chi connectivity index (χ0v) is 19.6. The van der Waals surface area contributed by atoms with Crippen LogP contribution in [0.15, 0.2) is 72.9 Å². The Kier molecular flexibility index (Phi) is 6.18. The number of aromatic nitrogens is 2. The van der Waals surface area contributed by atoms with Gasteiger partial charge in [0.2, 0.25) is 0 Å². The lowest BCUT2D eigenvalue weighted by molar-refractivity contribution is -0.385. The van der Waals surface area contributed by atoms with Crippen molar-refractivity contribution in [2.75, 3.05) is 31.1 Å². The summed E-state index contributed by atoms with van der Waals surface area (Å²) < 4.78 is 2.23. The highest BCUT2D eigenvalue weighted by molar-refractivity contribution is 6.12. The number of para-hydroxylation sites is 1. The molecule has 0 atom stereocenters. The van der Waals surface area contributed by atoms with E-state index in [2.05, 4.69) is 39.6 Å². The average Bonchev–Trinajstić information content (AvgIpc) is 3.03. The van der Waals surface area contributed by atoms with Gasteiger partial charge in [0.15, 0.2) is 0 Å². The lowest BCUT2D eigenvalue weighted by atomic mass is 10.0. The van der Waals surface area contributed by atoms with Crippen molar-refractivity contribution < 1.29 is 9.72 Å². The molecule has 2 aromatic carbocycles. The Morgan fingerprint density at radius 3 is 2.46 bits per heavy atom. The van der Waals surface area contributed by atoms with Gasteiger partial charge in [-0.1, -0.05) is 48.5 Å². The summed E-state index contributed by atoms with van der Waals surface area (Å²) >= 11 is 0. The second kappa shape index (κ2) is 9.58. The maximum absolute atomic E-state index is 14.1. The first-order valence-electron chi connectivity index (χ1n) is 11.9. The second-order valence-corrected chi connectivity index (χ2v) is 8.62. The smallest absolute Gasteiger partial charge is 0.287 e. The van der Waals surface area contributed by atoms with Gasteiger partial charge < -0.3 is 14.4 Å². The van der Waals surface area contributed by atoms with Crippen LogP contribution in [0.1, 0.15) is 23.7 Å². The van der Waals surface area contributed by atoms with Gasteiger partial charge in [-0.3, -0.25) is 14.9 Å². The molecular formula is C27H27N5O3. The predicted octanol–water partition coefficient (Wildman–Crippen LogP) is 4.98. The van der Waals surface area contributed by atoms with E-state index in [9.17, 15) is 14.9 Å². The molecule has 8 heteroatoms. The highest BCUT2D eigenvalue weighted by atomic mass is 16.6. The van der Waals surface area contributed by atoms with E-state index >= 15 is 0 Å². The quantitative estimate of drug-likeness (QED) is 0.304. The van der Waals surface area contributed by atoms with Crippen LogP contribution in [0.3, 0.4) is 0 Å². The van der Waals surface area contributed by atoms with Crippen LogP contribution in [0.5, 0.6) is 0 Å². The predicted molar refractivity (Wildman–Crippen MR) is 137 cm³/mol. The van der Waals surface area contributed by atoms with E-state index in [0.29, 0.717) is 25.5 Å². The lowest BCUT2D eigenvalue weighted by Crippen LogP contribution is -2.35. The summed E-state index contributed by atoms with van der Waals surface area (Å²) in [4.78, 5) is 32.9. The Labute approximate surface area is 203 Å². The number of nitrogens with zero attached hydrogens (tertiary/aromatic N) is 5. The van der Waals surface area contributed by atoms with Crippen LogP contribution >= 0.6 is 0 Å². The Hall–Kier alpha value is -4.20. The Morgan fingerprint density at radius 1 is 0.971 bits per heavy atom. The molecule has 0 bridgehead atoms. The minimum Gasteiger partial charge on any atom is -0.355 e. The number of nitro groups is 1. The highest BCUT2D eigenvalue weighted by Crippen LogP contribution is 2.35. The molecule has 1 fully saturated rings. The Balaban J connectivity index is 1.47. The monoisotopic (exact) mass is 469 g/mol. The van der Waals surface area contributed by atoms with Crippen molar-refractivity contribution in [2.24, 2.45) is 0 Å². The number of fused-ring (bicyclic) bond motifs is 1. The second-order valence-electron chi connectivity index (χ2n) is 8.62. The van der Waals surface area contributed by atoms with Crippen LogP contribution in [0.2, 0.25) is 0 Å². The van der Waals surface area contributed by atoms with Gasteiger partial charge in [-0.15, -0.1) is 0 Å². The molecule has 178 valence electrons. The zero-order chi connectivity index (χ0) is 24.4. The van der Waals surface area contributed by atoms with Gasteiger partial charge >= 0.3 is 0 Å². The standard InChI is InChI=1S/C27H27N5O3/c1-2-31-23-12-7-6-11-22(23)25(26(31)20-9-4-3-5-10-20)27(33)30-16-8-15-29(17-18-30)24-14-13-21(19-28-24)32(34)35/h3-7,9-14,19H,2,8,15-18H2,1H3. The molecule has 35 heavy (non-hydrogen) atoms. The molecule has 0 unspecified atom stereocenters. The summed E-state index contributed by atoms with van der Waals surface area (Å²) in [5.74, 6) is 0.725. The topological polar surface area (TPSA) is 84.5 Å². The van der Waals surface area contributed by atoms with E-state index in [4.69, 9.17) is 0 Å². The summed E-state index contributed by atoms with van der Waals surface area (Å²) in [6.45, 7) is 5.41. The number of amides is 1. The largest absolute Gasteiger partial charge is 0.355 e. The molecule has 0 N–H and O–H groups in total. The van der Waals surface area contributed by atoms with Gasteiger partial charge in [-0.25, -0.2) is 4.98 Å². The van der Waals surface area contributed by atoms with Crippen molar-refractivity contribution in [1.82, 2.24) is 14.5 Å². The zero-order valence-electron chi connectivity index (χ0n) is 19.6. The van der Waals surface area contributed by atoms with Crippen LogP contribution < -0.4 is 4.90 Å². The van der Waals surface area contributed by atoms with Gasteiger partial charge in [-0.2, -0.15) is 0 Å². The highest BCUT2D eigenvalue weighted by Gasteiger charge is 2.28. The third-order valence-electron chi connectivity index (χ3n) is 6.60. The van der Waals surface area contributed by atoms with E-state index in [1.807, 2.05) is 41.3 Å². The normalized spacial score (nSPS) is 14.2. The minimum absolute atomic E-state index is 0.0267. The fourth-order valence-electron chi connectivity index (χ4n) is 4.93. The summed E-state index contributed by atoms with van der Waals surface area (Å²) in [5.41, 5.74) is 3.76. The van der Waals surface area contributed by atoms with Crippen molar-refractivity contribution >= 4 is 28.3 Å². The SMILES string of the molecule is CCn1c(-c2ccccc2)c(C(=O)N2CCCN(c3ccc([N+](=O)[O-])cn3)CC2)c2ccccc21. The van der Waals surface area contributed by atoms with Crippen molar-refractivity contribution in [1.29, 1.82) is 0 Å². The molecule has 0 spiro atoms. The number of benzene rings is 2. The third-order valence-corrected chi connectivity index (χ3v) is 6.60. The van der Waals surface area contributed by atoms with Crippen molar-refractivity contribution in [3.8, 4) is 11.3 Å². The molecule has 8 nitrogen and oxygen atoms in total. The van der Waals surface area contributed by atoms with Gasteiger partial charge in [0, 0.05) is 49.7 Å². The summed E-state index contributed by atoms with van der Waals surface area (Å²) in [6, 6.07) is 21.4. The molecule has 0 saturated carbocycles. The van der Waals surface area contributed by atoms with Crippen molar-refractivity contribution in [3.63, 3.8) is 0 Å². The average molecular weight is 470 g/mol. The van der Waals surface area contributed by atoms with Gasteiger partial charge in [0.25, 0.3) is 11.6 Å². The first-order chi connectivity index (χ1) is 17.1. The van der Waals surface area contributed by atoms with E-state index in [-0.39, 0.29) is 11.6 Å². The molecule has 2 aromatic heterocycles. The number of hydrogen-bond donors (Lipinski definition) is 0. The molecule has 1 amide bonds. The van der Waals surface area contributed by atoms with Crippen molar-refractivity contribution in [2.45, 2.75) is 19.9 Å². The number of carbonyl (C=O) groups is 1. The molecule has 5 rings (SSSR count). The molecular weight excluding hydrogens is 442 g/mol. The molecule has 1 aliphatic heterocycles.